The third-order valence-electron chi connectivity index (χ3n) is 5.29. The van der Waals surface area contributed by atoms with Crippen LogP contribution in [0.25, 0.3) is 0 Å². The van der Waals surface area contributed by atoms with Crippen LogP contribution in [0.4, 0.5) is 11.4 Å². The van der Waals surface area contributed by atoms with E-state index in [1.807, 2.05) is 29.2 Å². The number of carbonyl (C=O) groups is 1. The topological polar surface area (TPSA) is 73.4 Å². The summed E-state index contributed by atoms with van der Waals surface area (Å²) in [6, 6.07) is 14.6. The van der Waals surface area contributed by atoms with Gasteiger partial charge in [0.25, 0.3) is 5.91 Å². The summed E-state index contributed by atoms with van der Waals surface area (Å²) in [5.41, 5.74) is 2.16. The Kier molecular flexibility index (Phi) is 6.52. The summed E-state index contributed by atoms with van der Waals surface area (Å²) in [6.45, 7) is 2.75. The van der Waals surface area contributed by atoms with Crippen LogP contribution >= 0.6 is 0 Å². The smallest absolute Gasteiger partial charge is 0.303 e. The summed E-state index contributed by atoms with van der Waals surface area (Å²) >= 11 is 0. The average molecular weight is 433 g/mol. The minimum Gasteiger partial charge on any atom is -0.497 e. The number of rotatable bonds is 6. The zero-order valence-electron chi connectivity index (χ0n) is 17.8. The van der Waals surface area contributed by atoms with Crippen LogP contribution in [0.5, 0.6) is 5.75 Å². The van der Waals surface area contributed by atoms with Crippen molar-refractivity contribution in [1.82, 2.24) is 9.21 Å². The highest BCUT2D eigenvalue weighted by molar-refractivity contribution is 7.90. The van der Waals surface area contributed by atoms with Gasteiger partial charge in [-0.05, 0) is 48.5 Å². The molecule has 0 unspecified atom stereocenters. The van der Waals surface area contributed by atoms with E-state index in [1.54, 1.807) is 31.4 Å². The van der Waals surface area contributed by atoms with E-state index in [9.17, 15) is 13.2 Å². The lowest BCUT2D eigenvalue weighted by Gasteiger charge is -2.36. The van der Waals surface area contributed by atoms with E-state index in [0.717, 1.165) is 28.8 Å². The van der Waals surface area contributed by atoms with Crippen molar-refractivity contribution in [3.05, 3.63) is 54.1 Å². The van der Waals surface area contributed by atoms with Gasteiger partial charge in [0.2, 0.25) is 0 Å². The molecular weight excluding hydrogens is 404 g/mol. The highest BCUT2D eigenvalue weighted by atomic mass is 32.2. The predicted octanol–water partition coefficient (Wildman–Crippen LogP) is 1.90. The summed E-state index contributed by atoms with van der Waals surface area (Å²) < 4.78 is 32.0. The molecule has 0 radical (unpaired) electrons. The predicted molar refractivity (Wildman–Crippen MR) is 119 cm³/mol. The Morgan fingerprint density at radius 3 is 1.97 bits per heavy atom. The van der Waals surface area contributed by atoms with E-state index in [1.165, 1.54) is 25.4 Å². The molecule has 1 aliphatic rings. The summed E-state index contributed by atoms with van der Waals surface area (Å²) in [6.07, 6.45) is 0. The highest BCUT2D eigenvalue weighted by Crippen LogP contribution is 2.22. The van der Waals surface area contributed by atoms with Gasteiger partial charge in [0.05, 0.1) is 12.8 Å². The Morgan fingerprint density at radius 2 is 1.47 bits per heavy atom. The molecule has 1 heterocycles. The fraction of sp³-hybridized carbons (Fsp3) is 0.381. The zero-order valence-corrected chi connectivity index (χ0v) is 18.6. The molecule has 2 aromatic carbocycles. The lowest BCUT2D eigenvalue weighted by molar-refractivity contribution is 0.0747. The first-order chi connectivity index (χ1) is 14.2. The molecule has 0 aromatic heterocycles. The van der Waals surface area contributed by atoms with Crippen LogP contribution < -0.4 is 13.9 Å². The lowest BCUT2D eigenvalue weighted by Crippen LogP contribution is -2.48. The Bertz CT molecular complexity index is 967. The maximum Gasteiger partial charge on any atom is 0.303 e. The number of carbonyl (C=O) groups excluding carboxylic acids is 1. The zero-order chi connectivity index (χ0) is 21.9. The molecule has 3 rings (SSSR count). The van der Waals surface area contributed by atoms with Gasteiger partial charge in [-0.1, -0.05) is 0 Å². The molecule has 0 spiro atoms. The fourth-order valence-corrected chi connectivity index (χ4v) is 4.21. The Labute approximate surface area is 178 Å². The Morgan fingerprint density at radius 1 is 0.900 bits per heavy atom. The van der Waals surface area contributed by atoms with Gasteiger partial charge in [0.15, 0.2) is 0 Å². The summed E-state index contributed by atoms with van der Waals surface area (Å²) in [5, 5.41) is 0. The van der Waals surface area contributed by atoms with Crippen molar-refractivity contribution >= 4 is 27.5 Å². The van der Waals surface area contributed by atoms with Crippen molar-refractivity contribution in [2.75, 3.05) is 63.6 Å². The number of methoxy groups -OCH3 is 1. The minimum atomic E-state index is -3.56. The molecule has 1 aliphatic heterocycles. The van der Waals surface area contributed by atoms with E-state index in [0.29, 0.717) is 24.3 Å². The van der Waals surface area contributed by atoms with Crippen molar-refractivity contribution in [2.24, 2.45) is 0 Å². The normalized spacial score (nSPS) is 14.7. The van der Waals surface area contributed by atoms with Crippen LogP contribution in [0.15, 0.2) is 48.5 Å². The van der Waals surface area contributed by atoms with Crippen LogP contribution in [0, 0.1) is 0 Å². The second-order valence-electron chi connectivity index (χ2n) is 7.28. The molecule has 0 atom stereocenters. The molecule has 162 valence electrons. The molecule has 2 aromatic rings. The number of ether oxygens (including phenoxy) is 1. The maximum atomic E-state index is 12.9. The summed E-state index contributed by atoms with van der Waals surface area (Å²) in [4.78, 5) is 16.9. The number of benzene rings is 2. The van der Waals surface area contributed by atoms with Gasteiger partial charge in [0, 0.05) is 58.6 Å². The first kappa shape index (κ1) is 21.9. The molecule has 1 amide bonds. The molecule has 1 saturated heterocycles. The van der Waals surface area contributed by atoms with Gasteiger partial charge in [-0.2, -0.15) is 12.7 Å². The van der Waals surface area contributed by atoms with Crippen LogP contribution in [0.2, 0.25) is 0 Å². The molecule has 9 heteroatoms. The lowest BCUT2D eigenvalue weighted by atomic mass is 10.1. The second-order valence-corrected chi connectivity index (χ2v) is 9.46. The van der Waals surface area contributed by atoms with E-state index in [-0.39, 0.29) is 5.91 Å². The van der Waals surface area contributed by atoms with Crippen molar-refractivity contribution in [2.45, 2.75) is 0 Å². The van der Waals surface area contributed by atoms with Crippen LogP contribution in [-0.2, 0) is 10.2 Å². The van der Waals surface area contributed by atoms with E-state index in [4.69, 9.17) is 4.74 Å². The van der Waals surface area contributed by atoms with Crippen molar-refractivity contribution in [3.8, 4) is 5.75 Å². The number of hydrogen-bond acceptors (Lipinski definition) is 5. The van der Waals surface area contributed by atoms with E-state index >= 15 is 0 Å². The van der Waals surface area contributed by atoms with Crippen molar-refractivity contribution < 1.29 is 17.9 Å². The first-order valence-electron chi connectivity index (χ1n) is 9.69. The fourth-order valence-electron chi connectivity index (χ4n) is 3.34. The summed E-state index contributed by atoms with van der Waals surface area (Å²) in [5.74, 6) is 0.772. The van der Waals surface area contributed by atoms with E-state index < -0.39 is 10.2 Å². The third-order valence-corrected chi connectivity index (χ3v) is 7.12. The Balaban J connectivity index is 1.62. The molecule has 30 heavy (non-hydrogen) atoms. The number of piperazine rings is 1. The summed E-state index contributed by atoms with van der Waals surface area (Å²) in [7, 11) is 2.53. The minimum absolute atomic E-state index is 0.0472. The number of nitrogens with zero attached hydrogens (tertiary/aromatic N) is 4. The molecule has 0 saturated carbocycles. The SMILES string of the molecule is COc1ccc(N2CCN(C(=O)c3ccc(N(C)S(=O)(=O)N(C)C)cc3)CC2)cc1. The maximum absolute atomic E-state index is 12.9. The van der Waals surface area contributed by atoms with Gasteiger partial charge in [-0.25, -0.2) is 0 Å². The van der Waals surface area contributed by atoms with Crippen molar-refractivity contribution in [3.63, 3.8) is 0 Å². The van der Waals surface area contributed by atoms with Gasteiger partial charge in [-0.3, -0.25) is 9.10 Å². The monoisotopic (exact) mass is 432 g/mol. The molecule has 0 aliphatic carbocycles. The second kappa shape index (κ2) is 8.93. The van der Waals surface area contributed by atoms with Crippen LogP contribution in [-0.4, -0.2) is 78.0 Å². The van der Waals surface area contributed by atoms with Gasteiger partial charge in [0.1, 0.15) is 5.75 Å². The van der Waals surface area contributed by atoms with E-state index in [2.05, 4.69) is 4.90 Å². The van der Waals surface area contributed by atoms with Crippen LogP contribution in [0.1, 0.15) is 10.4 Å². The average Bonchev–Trinajstić information content (AvgIpc) is 2.78. The molecular formula is C21H28N4O4S. The molecule has 8 nitrogen and oxygen atoms in total. The Hall–Kier alpha value is -2.78. The van der Waals surface area contributed by atoms with Gasteiger partial charge in [-0.15, -0.1) is 0 Å². The molecule has 0 N–H and O–H groups in total. The number of amides is 1. The van der Waals surface area contributed by atoms with Crippen molar-refractivity contribution in [1.29, 1.82) is 0 Å². The largest absolute Gasteiger partial charge is 0.497 e. The number of hydrogen-bond donors (Lipinski definition) is 0. The highest BCUT2D eigenvalue weighted by Gasteiger charge is 2.24. The molecule has 1 fully saturated rings. The first-order valence-corrected chi connectivity index (χ1v) is 11.1. The van der Waals surface area contributed by atoms with Crippen LogP contribution in [0.3, 0.4) is 0 Å². The number of anilines is 2. The standard InChI is InChI=1S/C21H28N4O4S/c1-22(2)30(27,28)23(3)18-7-5-17(6-8-18)21(26)25-15-13-24(14-16-25)19-9-11-20(29-4)12-10-19/h5-12H,13-16H2,1-4H3. The third kappa shape index (κ3) is 4.52. The molecule has 0 bridgehead atoms. The van der Waals surface area contributed by atoms with Gasteiger partial charge < -0.3 is 14.5 Å². The van der Waals surface area contributed by atoms with Gasteiger partial charge >= 0.3 is 10.2 Å². The quantitative estimate of drug-likeness (QED) is 0.697.